The molecule has 0 fully saturated rings. The van der Waals surface area contributed by atoms with Crippen LogP contribution in [0.2, 0.25) is 0 Å². The first-order valence-corrected chi connectivity index (χ1v) is 7.39. The van der Waals surface area contributed by atoms with Crippen molar-refractivity contribution in [1.29, 1.82) is 0 Å². The molecule has 0 saturated heterocycles. The summed E-state index contributed by atoms with van der Waals surface area (Å²) in [6, 6.07) is 0.827. The third-order valence-electron chi connectivity index (χ3n) is 3.31. The van der Waals surface area contributed by atoms with Gasteiger partial charge in [0, 0.05) is 12.4 Å². The number of aromatic nitrogens is 2. The summed E-state index contributed by atoms with van der Waals surface area (Å²) >= 11 is 1.31. The zero-order valence-electron chi connectivity index (χ0n) is 12.7. The maximum absolute atomic E-state index is 12.3. The summed E-state index contributed by atoms with van der Waals surface area (Å²) in [4.78, 5) is 25.0. The topological polar surface area (TPSA) is 84.2 Å². The van der Waals surface area contributed by atoms with Crippen LogP contribution in [0, 0.1) is 12.3 Å². The molecule has 2 heterocycles. The van der Waals surface area contributed by atoms with Gasteiger partial charge in [-0.1, -0.05) is 20.8 Å². The number of carboxylic acids is 1. The van der Waals surface area contributed by atoms with Crippen LogP contribution in [0.15, 0.2) is 6.07 Å². The lowest BCUT2D eigenvalue weighted by atomic mass is 9.87. The van der Waals surface area contributed by atoms with E-state index in [4.69, 9.17) is 0 Å². The first-order valence-electron chi connectivity index (χ1n) is 6.58. The van der Waals surface area contributed by atoms with Crippen LogP contribution in [-0.4, -0.2) is 32.8 Å². The Kier molecular flexibility index (Phi) is 3.79. The van der Waals surface area contributed by atoms with Crippen LogP contribution in [-0.2, 0) is 11.8 Å². The van der Waals surface area contributed by atoms with Gasteiger partial charge in [0.15, 0.2) is 0 Å². The SMILES string of the molecule is Cc1nn(C)c2sc(C(=O)NC(C(=O)O)C(C)(C)C)cc12. The summed E-state index contributed by atoms with van der Waals surface area (Å²) in [5.41, 5.74) is 0.295. The van der Waals surface area contributed by atoms with E-state index in [1.807, 2.05) is 14.0 Å². The molecular formula is C14H19N3O3S. The fourth-order valence-electron chi connectivity index (χ4n) is 2.17. The number of carbonyl (C=O) groups excluding carboxylic acids is 1. The molecule has 114 valence electrons. The number of carbonyl (C=O) groups is 2. The molecule has 7 heteroatoms. The van der Waals surface area contributed by atoms with E-state index in [0.29, 0.717) is 4.88 Å². The van der Waals surface area contributed by atoms with Crippen molar-refractivity contribution in [3.63, 3.8) is 0 Å². The molecule has 1 atom stereocenters. The number of hydrogen-bond acceptors (Lipinski definition) is 4. The Morgan fingerprint density at radius 2 is 2.05 bits per heavy atom. The highest BCUT2D eigenvalue weighted by Crippen LogP contribution is 2.28. The van der Waals surface area contributed by atoms with Crippen LogP contribution in [0.5, 0.6) is 0 Å². The van der Waals surface area contributed by atoms with Gasteiger partial charge in [0.25, 0.3) is 5.91 Å². The van der Waals surface area contributed by atoms with E-state index in [1.165, 1.54) is 11.3 Å². The van der Waals surface area contributed by atoms with Crippen LogP contribution < -0.4 is 5.32 Å². The van der Waals surface area contributed by atoms with Crippen molar-refractivity contribution in [3.8, 4) is 0 Å². The van der Waals surface area contributed by atoms with Crippen molar-refractivity contribution in [3.05, 3.63) is 16.6 Å². The highest BCUT2D eigenvalue weighted by atomic mass is 32.1. The minimum Gasteiger partial charge on any atom is -0.480 e. The van der Waals surface area contributed by atoms with Gasteiger partial charge in [0.2, 0.25) is 0 Å². The van der Waals surface area contributed by atoms with Gasteiger partial charge in [0.1, 0.15) is 10.9 Å². The van der Waals surface area contributed by atoms with Crippen molar-refractivity contribution >= 4 is 33.4 Å². The van der Waals surface area contributed by atoms with Crippen molar-refractivity contribution in [2.45, 2.75) is 33.7 Å². The van der Waals surface area contributed by atoms with Crippen LogP contribution in [0.3, 0.4) is 0 Å². The van der Waals surface area contributed by atoms with Crippen molar-refractivity contribution < 1.29 is 14.7 Å². The maximum atomic E-state index is 12.3. The summed E-state index contributed by atoms with van der Waals surface area (Å²) in [7, 11) is 1.82. The van der Waals surface area contributed by atoms with E-state index in [0.717, 1.165) is 15.9 Å². The van der Waals surface area contributed by atoms with E-state index in [1.54, 1.807) is 31.5 Å². The number of rotatable bonds is 3. The Balaban J connectivity index is 2.30. The summed E-state index contributed by atoms with van der Waals surface area (Å²) in [6.45, 7) is 7.23. The fourth-order valence-corrected chi connectivity index (χ4v) is 3.19. The summed E-state index contributed by atoms with van der Waals surface area (Å²) in [5.74, 6) is -1.40. The van der Waals surface area contributed by atoms with Gasteiger partial charge in [-0.2, -0.15) is 5.10 Å². The van der Waals surface area contributed by atoms with Crippen LogP contribution in [0.1, 0.15) is 36.1 Å². The summed E-state index contributed by atoms with van der Waals surface area (Å²) in [5, 5.41) is 17.1. The minimum absolute atomic E-state index is 0.363. The zero-order chi connectivity index (χ0) is 15.9. The molecule has 2 rings (SSSR count). The lowest BCUT2D eigenvalue weighted by molar-refractivity contribution is -0.142. The molecule has 0 aliphatic rings. The van der Waals surface area contributed by atoms with E-state index < -0.39 is 17.4 Å². The third-order valence-corrected chi connectivity index (χ3v) is 4.51. The largest absolute Gasteiger partial charge is 0.480 e. The highest BCUT2D eigenvalue weighted by Gasteiger charge is 2.33. The average Bonchev–Trinajstić information content (AvgIpc) is 2.87. The van der Waals surface area contributed by atoms with Crippen molar-refractivity contribution in [2.24, 2.45) is 12.5 Å². The number of nitrogens with zero attached hydrogens (tertiary/aromatic N) is 2. The summed E-state index contributed by atoms with van der Waals surface area (Å²) < 4.78 is 1.73. The van der Waals surface area contributed by atoms with Gasteiger partial charge in [-0.05, 0) is 18.4 Å². The molecule has 0 aliphatic carbocycles. The predicted molar refractivity (Wildman–Crippen MR) is 81.7 cm³/mol. The minimum atomic E-state index is -1.03. The van der Waals surface area contributed by atoms with Crippen LogP contribution in [0.4, 0.5) is 0 Å². The van der Waals surface area contributed by atoms with E-state index in [2.05, 4.69) is 10.4 Å². The predicted octanol–water partition coefficient (Wildman–Crippen LogP) is 2.17. The molecule has 6 nitrogen and oxygen atoms in total. The van der Waals surface area contributed by atoms with E-state index >= 15 is 0 Å². The van der Waals surface area contributed by atoms with Gasteiger partial charge < -0.3 is 10.4 Å². The van der Waals surface area contributed by atoms with Gasteiger partial charge in [-0.3, -0.25) is 9.48 Å². The van der Waals surface area contributed by atoms with Gasteiger partial charge in [-0.25, -0.2) is 4.79 Å². The van der Waals surface area contributed by atoms with Crippen LogP contribution >= 0.6 is 11.3 Å². The smallest absolute Gasteiger partial charge is 0.326 e. The molecule has 0 bridgehead atoms. The second-order valence-electron chi connectivity index (χ2n) is 6.15. The number of hydrogen-bond donors (Lipinski definition) is 2. The molecular weight excluding hydrogens is 290 g/mol. The molecule has 0 saturated carbocycles. The molecule has 0 radical (unpaired) electrons. The molecule has 2 N–H and O–H groups in total. The number of aliphatic carboxylic acids is 1. The molecule has 1 unspecified atom stereocenters. The zero-order valence-corrected chi connectivity index (χ0v) is 13.5. The van der Waals surface area contributed by atoms with Crippen LogP contribution in [0.25, 0.3) is 10.2 Å². The van der Waals surface area contributed by atoms with E-state index in [9.17, 15) is 14.7 Å². The van der Waals surface area contributed by atoms with E-state index in [-0.39, 0.29) is 5.91 Å². The normalized spacial score (nSPS) is 13.4. The molecule has 2 aromatic heterocycles. The number of nitrogens with one attached hydrogen (secondary N) is 1. The van der Waals surface area contributed by atoms with Gasteiger partial charge in [0.05, 0.1) is 10.6 Å². The molecule has 0 spiro atoms. The monoisotopic (exact) mass is 309 g/mol. The third kappa shape index (κ3) is 2.92. The first-order chi connectivity index (χ1) is 9.61. The number of thiophene rings is 1. The quantitative estimate of drug-likeness (QED) is 0.910. The highest BCUT2D eigenvalue weighted by molar-refractivity contribution is 7.20. The standard InChI is InChI=1S/C14H19N3O3S/c1-7-8-6-9(21-12(8)17(5)16-7)11(18)15-10(13(19)20)14(2,3)4/h6,10H,1-5H3,(H,15,18)(H,19,20). The molecule has 1 amide bonds. The second-order valence-corrected chi connectivity index (χ2v) is 7.18. The lowest BCUT2D eigenvalue weighted by Crippen LogP contribution is -2.48. The molecule has 0 aliphatic heterocycles. The Hall–Kier alpha value is -1.89. The Morgan fingerprint density at radius 1 is 1.43 bits per heavy atom. The number of amides is 1. The van der Waals surface area contributed by atoms with Gasteiger partial charge >= 0.3 is 5.97 Å². The number of aryl methyl sites for hydroxylation is 2. The number of carboxylic acid groups (broad SMARTS) is 1. The summed E-state index contributed by atoms with van der Waals surface area (Å²) in [6.07, 6.45) is 0. The van der Waals surface area contributed by atoms with Gasteiger partial charge in [-0.15, -0.1) is 11.3 Å². The Bertz CT molecular complexity index is 674. The second kappa shape index (κ2) is 5.14. The maximum Gasteiger partial charge on any atom is 0.326 e. The van der Waals surface area contributed by atoms with Crippen molar-refractivity contribution in [1.82, 2.24) is 15.1 Å². The molecule has 2 aromatic rings. The van der Waals surface area contributed by atoms with Crippen molar-refractivity contribution in [2.75, 3.05) is 0 Å². The fraction of sp³-hybridized carbons (Fsp3) is 0.500. The Morgan fingerprint density at radius 3 is 2.52 bits per heavy atom. The number of fused-ring (bicyclic) bond motifs is 1. The molecule has 21 heavy (non-hydrogen) atoms. The first kappa shape index (κ1) is 15.5. The Labute approximate surface area is 126 Å². The molecule has 0 aromatic carbocycles. The lowest BCUT2D eigenvalue weighted by Gasteiger charge is -2.27. The average molecular weight is 309 g/mol.